The number of amides is 1. The average molecular weight is 247 g/mol. The third kappa shape index (κ3) is 3.65. The van der Waals surface area contributed by atoms with Crippen molar-refractivity contribution in [2.24, 2.45) is 0 Å². The summed E-state index contributed by atoms with van der Waals surface area (Å²) in [7, 11) is 0. The number of carbonyl (C=O) groups excluding carboxylic acids is 1. The predicted molar refractivity (Wildman–Crippen MR) is 74.5 cm³/mol. The van der Waals surface area contributed by atoms with Crippen LogP contribution in [0.15, 0.2) is 18.2 Å². The van der Waals surface area contributed by atoms with E-state index in [0.717, 1.165) is 42.7 Å². The Balaban J connectivity index is 1.68. The summed E-state index contributed by atoms with van der Waals surface area (Å²) in [6.07, 6.45) is 3.69. The number of hydrogen-bond donors (Lipinski definition) is 3. The Labute approximate surface area is 108 Å². The summed E-state index contributed by atoms with van der Waals surface area (Å²) in [5, 5.41) is 6.25. The monoisotopic (exact) mass is 247 g/mol. The van der Waals surface area contributed by atoms with E-state index < -0.39 is 0 Å². The number of carbonyl (C=O) groups is 1. The molecule has 0 bridgehead atoms. The van der Waals surface area contributed by atoms with E-state index in [1.807, 2.05) is 25.1 Å². The molecule has 0 heterocycles. The van der Waals surface area contributed by atoms with E-state index in [0.29, 0.717) is 12.5 Å². The lowest BCUT2D eigenvalue weighted by molar-refractivity contribution is -0.121. The first-order valence-corrected chi connectivity index (χ1v) is 6.55. The van der Waals surface area contributed by atoms with Crippen LogP contribution in [0.4, 0.5) is 11.4 Å². The van der Waals surface area contributed by atoms with Gasteiger partial charge in [0.05, 0.1) is 11.4 Å². The van der Waals surface area contributed by atoms with Crippen LogP contribution in [0.25, 0.3) is 0 Å². The summed E-state index contributed by atoms with van der Waals surface area (Å²) in [6, 6.07) is 6.39. The molecule has 0 spiro atoms. The zero-order chi connectivity index (χ0) is 13.0. The molecule has 4 heteroatoms. The molecule has 0 atom stereocenters. The minimum Gasteiger partial charge on any atom is -0.397 e. The third-order valence-corrected chi connectivity index (χ3v) is 3.16. The van der Waals surface area contributed by atoms with Crippen LogP contribution in [0, 0.1) is 6.92 Å². The van der Waals surface area contributed by atoms with Gasteiger partial charge in [0.25, 0.3) is 0 Å². The first-order chi connectivity index (χ1) is 8.66. The number of anilines is 2. The second-order valence-corrected chi connectivity index (χ2v) is 4.91. The van der Waals surface area contributed by atoms with Gasteiger partial charge in [-0.1, -0.05) is 12.1 Å². The van der Waals surface area contributed by atoms with Crippen LogP contribution in [-0.4, -0.2) is 18.5 Å². The first-order valence-electron chi connectivity index (χ1n) is 6.55. The molecule has 1 aliphatic rings. The lowest BCUT2D eigenvalue weighted by Gasteiger charge is -2.10. The van der Waals surface area contributed by atoms with Crippen molar-refractivity contribution in [3.8, 4) is 0 Å². The van der Waals surface area contributed by atoms with E-state index in [9.17, 15) is 4.79 Å². The topological polar surface area (TPSA) is 67.2 Å². The van der Waals surface area contributed by atoms with Gasteiger partial charge in [-0.05, 0) is 37.8 Å². The summed E-state index contributed by atoms with van der Waals surface area (Å²) < 4.78 is 0. The largest absolute Gasteiger partial charge is 0.397 e. The van der Waals surface area contributed by atoms with Crippen molar-refractivity contribution < 1.29 is 4.79 Å². The number of aryl methyl sites for hydroxylation is 1. The third-order valence-electron chi connectivity index (χ3n) is 3.16. The first kappa shape index (κ1) is 12.7. The zero-order valence-electron chi connectivity index (χ0n) is 10.8. The van der Waals surface area contributed by atoms with Crippen molar-refractivity contribution in [3.63, 3.8) is 0 Å². The van der Waals surface area contributed by atoms with Gasteiger partial charge >= 0.3 is 0 Å². The number of nitrogen functional groups attached to an aromatic ring is 1. The quantitative estimate of drug-likeness (QED) is 0.532. The molecule has 0 saturated heterocycles. The average Bonchev–Trinajstić information content (AvgIpc) is 3.13. The Morgan fingerprint density at radius 3 is 2.94 bits per heavy atom. The van der Waals surface area contributed by atoms with Gasteiger partial charge < -0.3 is 16.4 Å². The summed E-state index contributed by atoms with van der Waals surface area (Å²) in [5.74, 6) is 0.163. The highest BCUT2D eigenvalue weighted by Gasteiger charge is 2.22. The molecule has 1 aliphatic carbocycles. The SMILES string of the molecule is Cc1cccc(NCCCC(=O)NC2CC2)c1N. The molecule has 1 aromatic rings. The fraction of sp³-hybridized carbons (Fsp3) is 0.500. The summed E-state index contributed by atoms with van der Waals surface area (Å²) in [6.45, 7) is 2.76. The van der Waals surface area contributed by atoms with Crippen molar-refractivity contribution in [1.29, 1.82) is 0 Å². The van der Waals surface area contributed by atoms with Gasteiger partial charge in [0.15, 0.2) is 0 Å². The van der Waals surface area contributed by atoms with Crippen LogP contribution in [-0.2, 0) is 4.79 Å². The normalized spacial score (nSPS) is 14.3. The number of rotatable bonds is 6. The van der Waals surface area contributed by atoms with Gasteiger partial charge in [-0.15, -0.1) is 0 Å². The van der Waals surface area contributed by atoms with Crippen molar-refractivity contribution in [2.45, 2.75) is 38.6 Å². The second kappa shape index (κ2) is 5.76. The minimum absolute atomic E-state index is 0.163. The molecule has 0 aromatic heterocycles. The second-order valence-electron chi connectivity index (χ2n) is 4.91. The number of nitrogens with two attached hydrogens (primary N) is 1. The Kier molecular flexibility index (Phi) is 4.07. The molecule has 18 heavy (non-hydrogen) atoms. The van der Waals surface area contributed by atoms with Gasteiger partial charge in [0.1, 0.15) is 0 Å². The number of nitrogens with one attached hydrogen (secondary N) is 2. The fourth-order valence-corrected chi connectivity index (χ4v) is 1.83. The van der Waals surface area contributed by atoms with E-state index in [4.69, 9.17) is 5.73 Å². The minimum atomic E-state index is 0.163. The maximum atomic E-state index is 11.5. The molecule has 1 aromatic carbocycles. The zero-order valence-corrected chi connectivity index (χ0v) is 10.8. The molecule has 1 fully saturated rings. The van der Waals surface area contributed by atoms with Crippen LogP contribution < -0.4 is 16.4 Å². The summed E-state index contributed by atoms with van der Waals surface area (Å²) in [4.78, 5) is 11.5. The lowest BCUT2D eigenvalue weighted by Crippen LogP contribution is -2.25. The number of para-hydroxylation sites is 1. The van der Waals surface area contributed by atoms with Crippen molar-refractivity contribution in [3.05, 3.63) is 23.8 Å². The van der Waals surface area contributed by atoms with Crippen molar-refractivity contribution >= 4 is 17.3 Å². The molecular weight excluding hydrogens is 226 g/mol. The van der Waals surface area contributed by atoms with Crippen molar-refractivity contribution in [1.82, 2.24) is 5.32 Å². The van der Waals surface area contributed by atoms with Gasteiger partial charge in [-0.3, -0.25) is 4.79 Å². The van der Waals surface area contributed by atoms with Gasteiger partial charge in [0, 0.05) is 19.0 Å². The molecule has 0 unspecified atom stereocenters. The van der Waals surface area contributed by atoms with Crippen LogP contribution in [0.5, 0.6) is 0 Å². The highest BCUT2D eigenvalue weighted by atomic mass is 16.1. The van der Waals surface area contributed by atoms with Crippen LogP contribution >= 0.6 is 0 Å². The van der Waals surface area contributed by atoms with Crippen LogP contribution in [0.3, 0.4) is 0 Å². The van der Waals surface area contributed by atoms with E-state index in [1.165, 1.54) is 0 Å². The molecule has 1 amide bonds. The molecule has 98 valence electrons. The number of hydrogen-bond acceptors (Lipinski definition) is 3. The van der Waals surface area contributed by atoms with E-state index in [2.05, 4.69) is 10.6 Å². The highest BCUT2D eigenvalue weighted by molar-refractivity contribution is 5.76. The lowest BCUT2D eigenvalue weighted by atomic mass is 10.1. The number of benzene rings is 1. The molecule has 0 aliphatic heterocycles. The predicted octanol–water partition coefficient (Wildman–Crippen LogP) is 2.05. The molecular formula is C14H21N3O. The Bertz CT molecular complexity index is 427. The standard InChI is InChI=1S/C14H21N3O/c1-10-4-2-5-12(14(10)15)16-9-3-6-13(18)17-11-7-8-11/h2,4-5,11,16H,3,6-9,15H2,1H3,(H,17,18). The smallest absolute Gasteiger partial charge is 0.220 e. The van der Waals surface area contributed by atoms with E-state index in [-0.39, 0.29) is 5.91 Å². The maximum Gasteiger partial charge on any atom is 0.220 e. The molecule has 0 radical (unpaired) electrons. The van der Waals surface area contributed by atoms with E-state index >= 15 is 0 Å². The summed E-state index contributed by atoms with van der Waals surface area (Å²) >= 11 is 0. The molecule has 4 nitrogen and oxygen atoms in total. The summed E-state index contributed by atoms with van der Waals surface area (Å²) in [5.41, 5.74) is 8.78. The van der Waals surface area contributed by atoms with E-state index in [1.54, 1.807) is 0 Å². The van der Waals surface area contributed by atoms with Crippen molar-refractivity contribution in [2.75, 3.05) is 17.6 Å². The van der Waals surface area contributed by atoms with Gasteiger partial charge in [0.2, 0.25) is 5.91 Å². The Morgan fingerprint density at radius 2 is 2.22 bits per heavy atom. The molecule has 2 rings (SSSR count). The fourth-order valence-electron chi connectivity index (χ4n) is 1.83. The van der Waals surface area contributed by atoms with Gasteiger partial charge in [-0.25, -0.2) is 0 Å². The molecule has 1 saturated carbocycles. The maximum absolute atomic E-state index is 11.5. The molecule has 4 N–H and O–H groups in total. The van der Waals surface area contributed by atoms with Gasteiger partial charge in [-0.2, -0.15) is 0 Å². The van der Waals surface area contributed by atoms with Crippen LogP contribution in [0.2, 0.25) is 0 Å². The Hall–Kier alpha value is -1.71. The Morgan fingerprint density at radius 1 is 1.44 bits per heavy atom. The highest BCUT2D eigenvalue weighted by Crippen LogP contribution is 2.21. The van der Waals surface area contributed by atoms with Crippen LogP contribution in [0.1, 0.15) is 31.2 Å².